The van der Waals surface area contributed by atoms with Gasteiger partial charge in [0.1, 0.15) is 10.8 Å². The van der Waals surface area contributed by atoms with Crippen molar-refractivity contribution < 1.29 is 23.8 Å². The molecular formula is C31H34N4O5S. The predicted octanol–water partition coefficient (Wildman–Crippen LogP) is 5.26. The van der Waals surface area contributed by atoms with E-state index in [0.717, 1.165) is 22.4 Å². The summed E-state index contributed by atoms with van der Waals surface area (Å²) in [5, 5.41) is 12.2. The lowest BCUT2D eigenvalue weighted by Gasteiger charge is -2.23. The number of aryl methyl sites for hydroxylation is 1. The van der Waals surface area contributed by atoms with Crippen LogP contribution in [-0.2, 0) is 22.4 Å². The largest absolute Gasteiger partial charge is 0.497 e. The molecule has 0 unspecified atom stereocenters. The van der Waals surface area contributed by atoms with Crippen LogP contribution < -0.4 is 19.5 Å². The number of anilines is 1. The Bertz CT molecular complexity index is 1430. The quantitative estimate of drug-likeness (QED) is 0.219. The molecule has 41 heavy (non-hydrogen) atoms. The molecule has 0 bridgehead atoms. The number of benzene rings is 3. The maximum atomic E-state index is 13.3. The summed E-state index contributed by atoms with van der Waals surface area (Å²) in [6.45, 7) is 0.758. The molecule has 9 nitrogen and oxygen atoms in total. The first-order valence-electron chi connectivity index (χ1n) is 13.3. The minimum absolute atomic E-state index is 0.000151. The average molecular weight is 575 g/mol. The number of methoxy groups -OCH3 is 3. The Morgan fingerprint density at radius 2 is 1.54 bits per heavy atom. The van der Waals surface area contributed by atoms with E-state index in [-0.39, 0.29) is 24.8 Å². The topological polar surface area (TPSA) is 103 Å². The van der Waals surface area contributed by atoms with Gasteiger partial charge in [-0.05, 0) is 60.4 Å². The Labute approximate surface area is 244 Å². The summed E-state index contributed by atoms with van der Waals surface area (Å²) in [7, 11) is 4.80. The van der Waals surface area contributed by atoms with Gasteiger partial charge in [-0.1, -0.05) is 47.7 Å². The predicted molar refractivity (Wildman–Crippen MR) is 160 cm³/mol. The van der Waals surface area contributed by atoms with Crippen LogP contribution in [0, 0.1) is 0 Å². The number of carbonyl (C=O) groups is 2. The third-order valence-electron chi connectivity index (χ3n) is 6.56. The molecule has 4 aromatic rings. The van der Waals surface area contributed by atoms with Gasteiger partial charge in [-0.15, -0.1) is 10.2 Å². The van der Waals surface area contributed by atoms with Crippen LogP contribution in [0.25, 0.3) is 10.6 Å². The molecule has 0 atom stereocenters. The van der Waals surface area contributed by atoms with Gasteiger partial charge in [-0.3, -0.25) is 9.59 Å². The summed E-state index contributed by atoms with van der Waals surface area (Å²) in [4.78, 5) is 27.8. The first kappa shape index (κ1) is 29.5. The van der Waals surface area contributed by atoms with Crippen molar-refractivity contribution in [2.75, 3.05) is 39.7 Å². The summed E-state index contributed by atoms with van der Waals surface area (Å²) < 4.78 is 15.9. The Morgan fingerprint density at radius 3 is 2.24 bits per heavy atom. The van der Waals surface area contributed by atoms with Crippen molar-refractivity contribution >= 4 is 28.3 Å². The van der Waals surface area contributed by atoms with E-state index in [4.69, 9.17) is 14.2 Å². The number of amides is 2. The van der Waals surface area contributed by atoms with Gasteiger partial charge in [0.25, 0.3) is 0 Å². The molecule has 0 saturated heterocycles. The number of ether oxygens (including phenoxy) is 3. The van der Waals surface area contributed by atoms with Gasteiger partial charge < -0.3 is 24.4 Å². The van der Waals surface area contributed by atoms with Gasteiger partial charge in [-0.25, -0.2) is 0 Å². The fourth-order valence-corrected chi connectivity index (χ4v) is 5.02. The highest BCUT2D eigenvalue weighted by Gasteiger charge is 2.17. The average Bonchev–Trinajstić information content (AvgIpc) is 3.48. The second kappa shape index (κ2) is 14.8. The molecule has 0 fully saturated rings. The Morgan fingerprint density at radius 1 is 0.780 bits per heavy atom. The van der Waals surface area contributed by atoms with Crippen LogP contribution >= 0.6 is 11.3 Å². The van der Waals surface area contributed by atoms with Crippen molar-refractivity contribution in [3.05, 3.63) is 83.9 Å². The summed E-state index contributed by atoms with van der Waals surface area (Å²) in [6.07, 6.45) is 1.75. The number of nitrogens with one attached hydrogen (secondary N) is 1. The molecule has 0 spiro atoms. The lowest BCUT2D eigenvalue weighted by atomic mass is 10.1. The number of rotatable bonds is 14. The van der Waals surface area contributed by atoms with E-state index in [1.807, 2.05) is 72.8 Å². The summed E-state index contributed by atoms with van der Waals surface area (Å²) in [5.74, 6) is 1.81. The monoisotopic (exact) mass is 574 g/mol. The van der Waals surface area contributed by atoms with Crippen molar-refractivity contribution in [3.8, 4) is 27.8 Å². The maximum absolute atomic E-state index is 13.3. The van der Waals surface area contributed by atoms with Gasteiger partial charge in [-0.2, -0.15) is 0 Å². The Balaban J connectivity index is 1.37. The van der Waals surface area contributed by atoms with Crippen molar-refractivity contribution in [3.63, 3.8) is 0 Å². The highest BCUT2D eigenvalue weighted by Crippen LogP contribution is 2.29. The fourth-order valence-electron chi connectivity index (χ4n) is 4.26. The lowest BCUT2D eigenvalue weighted by Crippen LogP contribution is -2.35. The SMILES string of the molecule is COc1ccc(-c2nnc(NC(=O)CCN(CCc3ccc(OC)c(OC)c3)C(=O)CCc3ccccc3)s2)cc1. The minimum atomic E-state index is -0.227. The Kier molecular flexibility index (Phi) is 10.7. The number of nitrogens with zero attached hydrogens (tertiary/aromatic N) is 3. The summed E-state index contributed by atoms with van der Waals surface area (Å²) in [5.41, 5.74) is 2.99. The number of hydrogen-bond acceptors (Lipinski definition) is 8. The Hall–Kier alpha value is -4.44. The molecule has 3 aromatic carbocycles. The molecule has 214 valence electrons. The van der Waals surface area contributed by atoms with Crippen LogP contribution in [0.2, 0.25) is 0 Å². The van der Waals surface area contributed by atoms with Crippen LogP contribution in [0.3, 0.4) is 0 Å². The van der Waals surface area contributed by atoms with E-state index in [1.165, 1.54) is 11.3 Å². The molecule has 2 amide bonds. The summed E-state index contributed by atoms with van der Waals surface area (Å²) in [6, 6.07) is 23.1. The van der Waals surface area contributed by atoms with Gasteiger partial charge >= 0.3 is 0 Å². The molecule has 1 N–H and O–H groups in total. The van der Waals surface area contributed by atoms with Crippen molar-refractivity contribution in [2.45, 2.75) is 25.7 Å². The molecule has 1 aromatic heterocycles. The zero-order chi connectivity index (χ0) is 29.0. The zero-order valence-electron chi connectivity index (χ0n) is 23.5. The number of hydrogen-bond donors (Lipinski definition) is 1. The normalized spacial score (nSPS) is 10.6. The second-order valence-corrected chi connectivity index (χ2v) is 10.2. The first-order chi connectivity index (χ1) is 20.0. The molecule has 4 rings (SSSR count). The number of aromatic nitrogens is 2. The number of carbonyl (C=O) groups excluding carboxylic acids is 2. The van der Waals surface area contributed by atoms with E-state index in [2.05, 4.69) is 15.5 Å². The highest BCUT2D eigenvalue weighted by molar-refractivity contribution is 7.18. The van der Waals surface area contributed by atoms with E-state index in [1.54, 1.807) is 26.2 Å². The van der Waals surface area contributed by atoms with Crippen LogP contribution in [0.1, 0.15) is 24.0 Å². The van der Waals surface area contributed by atoms with Crippen LogP contribution in [0.15, 0.2) is 72.8 Å². The van der Waals surface area contributed by atoms with Crippen molar-refractivity contribution in [1.29, 1.82) is 0 Å². The molecular weight excluding hydrogens is 540 g/mol. The van der Waals surface area contributed by atoms with E-state index in [9.17, 15) is 9.59 Å². The van der Waals surface area contributed by atoms with Gasteiger partial charge in [0.05, 0.1) is 21.3 Å². The molecule has 0 aliphatic rings. The standard InChI is InChI=1S/C31H34N4O5S/c1-38-25-13-11-24(12-14-25)30-33-34-31(41-30)32-28(36)18-20-35(29(37)16-10-22-7-5-4-6-8-22)19-17-23-9-15-26(39-2)27(21-23)40-3/h4-9,11-15,21H,10,16-20H2,1-3H3,(H,32,34,36). The maximum Gasteiger partial charge on any atom is 0.227 e. The minimum Gasteiger partial charge on any atom is -0.497 e. The van der Waals surface area contributed by atoms with Crippen molar-refractivity contribution in [2.24, 2.45) is 0 Å². The van der Waals surface area contributed by atoms with Gasteiger partial charge in [0.2, 0.25) is 16.9 Å². The van der Waals surface area contributed by atoms with Gasteiger partial charge in [0.15, 0.2) is 11.5 Å². The molecule has 0 aliphatic carbocycles. The van der Waals surface area contributed by atoms with E-state index in [0.29, 0.717) is 47.4 Å². The summed E-state index contributed by atoms with van der Waals surface area (Å²) >= 11 is 1.29. The second-order valence-electron chi connectivity index (χ2n) is 9.24. The van der Waals surface area contributed by atoms with Crippen molar-refractivity contribution in [1.82, 2.24) is 15.1 Å². The first-order valence-corrected chi connectivity index (χ1v) is 14.1. The molecule has 1 heterocycles. The highest BCUT2D eigenvalue weighted by atomic mass is 32.1. The van der Waals surface area contributed by atoms with Crippen LogP contribution in [0.4, 0.5) is 5.13 Å². The van der Waals surface area contributed by atoms with Crippen LogP contribution in [-0.4, -0.2) is 61.3 Å². The van der Waals surface area contributed by atoms with Crippen LogP contribution in [0.5, 0.6) is 17.2 Å². The molecule has 0 radical (unpaired) electrons. The van der Waals surface area contributed by atoms with Gasteiger partial charge in [0, 0.05) is 31.5 Å². The van der Waals surface area contributed by atoms with E-state index < -0.39 is 0 Å². The zero-order valence-corrected chi connectivity index (χ0v) is 24.3. The third kappa shape index (κ3) is 8.52. The molecule has 10 heteroatoms. The molecule has 0 aliphatic heterocycles. The van der Waals surface area contributed by atoms with E-state index >= 15 is 0 Å². The third-order valence-corrected chi connectivity index (χ3v) is 7.45. The fraction of sp³-hybridized carbons (Fsp3) is 0.290. The smallest absolute Gasteiger partial charge is 0.227 e. The molecule has 0 saturated carbocycles. The lowest BCUT2D eigenvalue weighted by molar-refractivity contribution is -0.131.